The van der Waals surface area contributed by atoms with Crippen LogP contribution in [0.5, 0.6) is 11.5 Å². The molecule has 0 amide bonds. The van der Waals surface area contributed by atoms with Gasteiger partial charge in [0.05, 0.1) is 22.4 Å². The minimum atomic E-state index is -0.350. The Morgan fingerprint density at radius 1 is 0.384 bits per heavy atom. The monoisotopic (exact) mass is 955 g/mol. The smallest absolute Gasteiger partial charge is 0.137 e. The Labute approximate surface area is 432 Å². The first-order valence-corrected chi connectivity index (χ1v) is 25.8. The van der Waals surface area contributed by atoms with E-state index in [9.17, 15) is 0 Å². The molecule has 3 heterocycles. The van der Waals surface area contributed by atoms with Crippen LogP contribution in [0, 0.1) is 0 Å². The summed E-state index contributed by atoms with van der Waals surface area (Å²) in [6.07, 6.45) is 1.95. The third-order valence-electron chi connectivity index (χ3n) is 15.4. The number of rotatable bonds is 10. The first kappa shape index (κ1) is 47.4. The van der Waals surface area contributed by atoms with Crippen LogP contribution in [0.3, 0.4) is 0 Å². The molecule has 10 aromatic rings. The zero-order valence-electron chi connectivity index (χ0n) is 44.0. The molecule has 0 atom stereocenters. The highest BCUT2D eigenvalue weighted by Crippen LogP contribution is 2.49. The van der Waals surface area contributed by atoms with Gasteiger partial charge in [-0.25, -0.2) is 4.98 Å². The third kappa shape index (κ3) is 8.86. The zero-order chi connectivity index (χ0) is 50.9. The molecule has 8 aromatic carbocycles. The van der Waals surface area contributed by atoms with Crippen LogP contribution in [0.2, 0.25) is 0 Å². The molecule has 0 bridgehead atoms. The van der Waals surface area contributed by atoms with Crippen LogP contribution < -0.4 is 14.5 Å². The minimum absolute atomic E-state index is 0.0534. The van der Waals surface area contributed by atoms with Crippen molar-refractivity contribution in [1.29, 1.82) is 0 Å². The van der Waals surface area contributed by atoms with Gasteiger partial charge in [-0.1, -0.05) is 191 Å². The predicted octanol–water partition coefficient (Wildman–Crippen LogP) is 18.1. The van der Waals surface area contributed by atoms with Gasteiger partial charge >= 0.3 is 0 Å². The normalized spacial score (nSPS) is 13.2. The molecular formula is C68H66N4O. The predicted molar refractivity (Wildman–Crippen MR) is 307 cm³/mol. The topological polar surface area (TPSA) is 33.5 Å². The van der Waals surface area contributed by atoms with Crippen LogP contribution in [0.25, 0.3) is 38.8 Å². The van der Waals surface area contributed by atoms with Crippen molar-refractivity contribution < 1.29 is 4.74 Å². The molecule has 364 valence electrons. The maximum atomic E-state index is 7.20. The van der Waals surface area contributed by atoms with Crippen molar-refractivity contribution in [1.82, 2.24) is 9.55 Å². The van der Waals surface area contributed by atoms with E-state index in [1.807, 2.05) is 6.20 Å². The van der Waals surface area contributed by atoms with E-state index in [1.165, 1.54) is 61.4 Å². The Balaban J connectivity index is 1.05. The van der Waals surface area contributed by atoms with Gasteiger partial charge in [-0.15, -0.1) is 0 Å². The number of ether oxygens (including phenoxy) is 1. The molecule has 0 saturated carbocycles. The second-order valence-electron chi connectivity index (χ2n) is 23.1. The molecule has 0 N–H and O–H groups in total. The van der Waals surface area contributed by atoms with Gasteiger partial charge in [0.2, 0.25) is 0 Å². The second kappa shape index (κ2) is 18.0. The number of aromatic nitrogens is 2. The standard InChI is InChI=1S/C68H66N4O/c1-65(2,3)50-30-33-61-63(41-50)71(45-70(61)54-37-47(46-22-14-11-15-23-46)36-52(38-54)66(4,5)6)55-39-53(68(9,10)49-26-18-13-19-27-49)40-57(43-55)73-56-31-32-59-58-28-20-21-29-60(58)72(62(59)44-56)64-42-51(34-35-69-64)67(7,8)48-24-16-12-17-25-48/h11-44H,45H2,1-10H3. The number of fused-ring (bicyclic) bond motifs is 4. The Bertz CT molecular complexity index is 3650. The van der Waals surface area contributed by atoms with E-state index in [0.717, 1.165) is 45.0 Å². The van der Waals surface area contributed by atoms with Gasteiger partial charge in [-0.2, -0.15) is 0 Å². The van der Waals surface area contributed by atoms with Crippen molar-refractivity contribution in [3.63, 3.8) is 0 Å². The number of nitrogens with zero attached hydrogens (tertiary/aromatic N) is 4. The summed E-state index contributed by atoms with van der Waals surface area (Å²) >= 11 is 0. The number of hydrogen-bond donors (Lipinski definition) is 0. The van der Waals surface area contributed by atoms with Crippen LogP contribution >= 0.6 is 0 Å². The molecule has 1 aliphatic rings. The van der Waals surface area contributed by atoms with Gasteiger partial charge in [0.1, 0.15) is 24.0 Å². The number of benzene rings is 8. The Hall–Kier alpha value is -7.89. The first-order valence-electron chi connectivity index (χ1n) is 25.8. The summed E-state index contributed by atoms with van der Waals surface area (Å²) in [5.41, 5.74) is 15.9. The summed E-state index contributed by atoms with van der Waals surface area (Å²) in [5, 5.41) is 2.31. The van der Waals surface area contributed by atoms with Crippen LogP contribution in [0.15, 0.2) is 206 Å². The van der Waals surface area contributed by atoms with Crippen LogP contribution in [0.1, 0.15) is 103 Å². The molecule has 0 radical (unpaired) electrons. The van der Waals surface area contributed by atoms with Crippen LogP contribution in [-0.2, 0) is 21.7 Å². The molecule has 0 fully saturated rings. The average molecular weight is 955 g/mol. The van der Waals surface area contributed by atoms with Gasteiger partial charge in [-0.3, -0.25) is 4.57 Å². The quantitative estimate of drug-likeness (QED) is 0.137. The maximum Gasteiger partial charge on any atom is 0.137 e. The van der Waals surface area contributed by atoms with Crippen molar-refractivity contribution in [2.75, 3.05) is 16.5 Å². The van der Waals surface area contributed by atoms with E-state index < -0.39 is 0 Å². The van der Waals surface area contributed by atoms with Gasteiger partial charge < -0.3 is 14.5 Å². The fourth-order valence-corrected chi connectivity index (χ4v) is 10.7. The highest BCUT2D eigenvalue weighted by atomic mass is 16.5. The maximum absolute atomic E-state index is 7.20. The molecule has 1 aliphatic heterocycles. The molecule has 0 spiro atoms. The highest BCUT2D eigenvalue weighted by Gasteiger charge is 2.33. The lowest BCUT2D eigenvalue weighted by molar-refractivity contribution is 0.480. The third-order valence-corrected chi connectivity index (χ3v) is 15.4. The minimum Gasteiger partial charge on any atom is -0.457 e. The SMILES string of the molecule is CC(C)(C)c1cc(-c2ccccc2)cc(N2CN(c3cc(Oc4ccc5c6ccccc6n(-c6cc(C(C)(C)c7ccccc7)ccn6)c5c4)cc(C(C)(C)c4ccccc4)c3)c3cc(C(C)(C)C)ccc32)c1. The van der Waals surface area contributed by atoms with E-state index in [1.54, 1.807) is 0 Å². The van der Waals surface area contributed by atoms with Crippen molar-refractivity contribution in [2.45, 2.75) is 90.9 Å². The highest BCUT2D eigenvalue weighted by molar-refractivity contribution is 6.09. The Kier molecular flexibility index (Phi) is 11.7. The number of para-hydroxylation sites is 1. The van der Waals surface area contributed by atoms with E-state index in [0.29, 0.717) is 6.67 Å². The van der Waals surface area contributed by atoms with E-state index in [-0.39, 0.29) is 21.7 Å². The van der Waals surface area contributed by atoms with Gasteiger partial charge in [0.25, 0.3) is 0 Å². The molecule has 11 rings (SSSR count). The summed E-state index contributed by atoms with van der Waals surface area (Å²) in [5.74, 6) is 2.40. The molecule has 5 heteroatoms. The molecule has 2 aromatic heterocycles. The van der Waals surface area contributed by atoms with Crippen molar-refractivity contribution in [3.05, 3.63) is 240 Å². The average Bonchev–Trinajstić information content (AvgIpc) is 3.95. The molecule has 5 nitrogen and oxygen atoms in total. The van der Waals surface area contributed by atoms with Crippen molar-refractivity contribution >= 4 is 44.6 Å². The summed E-state index contributed by atoms with van der Waals surface area (Å²) < 4.78 is 9.50. The number of hydrogen-bond acceptors (Lipinski definition) is 4. The lowest BCUT2D eigenvalue weighted by Gasteiger charge is -2.30. The molecular weight excluding hydrogens is 889 g/mol. The fraction of sp³-hybridized carbons (Fsp3) is 0.221. The van der Waals surface area contributed by atoms with Gasteiger partial charge in [0.15, 0.2) is 0 Å². The molecule has 0 aliphatic carbocycles. The molecule has 73 heavy (non-hydrogen) atoms. The Morgan fingerprint density at radius 3 is 1.66 bits per heavy atom. The fourth-order valence-electron chi connectivity index (χ4n) is 10.7. The molecule has 0 unspecified atom stereocenters. The molecule has 0 saturated heterocycles. The largest absolute Gasteiger partial charge is 0.457 e. The van der Waals surface area contributed by atoms with E-state index in [2.05, 4.69) is 284 Å². The van der Waals surface area contributed by atoms with E-state index >= 15 is 0 Å². The number of anilines is 4. The Morgan fingerprint density at radius 2 is 0.973 bits per heavy atom. The number of pyridine rings is 1. The second-order valence-corrected chi connectivity index (χ2v) is 23.1. The lowest BCUT2D eigenvalue weighted by Crippen LogP contribution is -2.25. The van der Waals surface area contributed by atoms with E-state index in [4.69, 9.17) is 9.72 Å². The summed E-state index contributed by atoms with van der Waals surface area (Å²) in [7, 11) is 0. The van der Waals surface area contributed by atoms with Gasteiger partial charge in [-0.05, 0) is 122 Å². The van der Waals surface area contributed by atoms with Crippen LogP contribution in [0.4, 0.5) is 22.7 Å². The van der Waals surface area contributed by atoms with Crippen molar-refractivity contribution in [2.24, 2.45) is 0 Å². The zero-order valence-corrected chi connectivity index (χ0v) is 44.0. The summed E-state index contributed by atoms with van der Waals surface area (Å²) in [4.78, 5) is 10.0. The summed E-state index contributed by atoms with van der Waals surface area (Å²) in [6, 6.07) is 72.9. The van der Waals surface area contributed by atoms with Crippen LogP contribution in [-0.4, -0.2) is 16.2 Å². The first-order chi connectivity index (χ1) is 34.9. The summed E-state index contributed by atoms with van der Waals surface area (Å²) in [6.45, 7) is 23.7. The lowest BCUT2D eigenvalue weighted by atomic mass is 9.78. The van der Waals surface area contributed by atoms with Crippen molar-refractivity contribution in [3.8, 4) is 28.4 Å². The van der Waals surface area contributed by atoms with Gasteiger partial charge in [0, 0.05) is 51.3 Å².